The number of hydrogen-bond acceptors (Lipinski definition) is 4. The number of amides is 1. The fraction of sp³-hybridized carbons (Fsp3) is 0.263. The highest BCUT2D eigenvalue weighted by Gasteiger charge is 2.12. The van der Waals surface area contributed by atoms with E-state index in [4.69, 9.17) is 21.1 Å². The maximum atomic E-state index is 11.9. The van der Waals surface area contributed by atoms with Gasteiger partial charge in [-0.3, -0.25) is 4.79 Å². The quantitative estimate of drug-likeness (QED) is 0.564. The molecule has 0 aliphatic heterocycles. The molecule has 0 heterocycles. The zero-order chi connectivity index (χ0) is 18.1. The summed E-state index contributed by atoms with van der Waals surface area (Å²) in [5.74, 6) is 0.797. The largest absolute Gasteiger partial charge is 0.490 e. The summed E-state index contributed by atoms with van der Waals surface area (Å²) in [4.78, 5) is 11.9. The van der Waals surface area contributed by atoms with Gasteiger partial charge < -0.3 is 9.47 Å². The Kier molecular flexibility index (Phi) is 7.29. The average molecular weight is 361 g/mol. The maximum Gasteiger partial charge on any atom is 0.271 e. The fourth-order valence-corrected chi connectivity index (χ4v) is 2.36. The molecule has 0 saturated carbocycles. The van der Waals surface area contributed by atoms with Gasteiger partial charge in [-0.05, 0) is 43.2 Å². The minimum atomic E-state index is -0.282. The molecule has 1 N–H and O–H groups in total. The zero-order valence-electron chi connectivity index (χ0n) is 14.3. The van der Waals surface area contributed by atoms with Gasteiger partial charge in [0.2, 0.25) is 0 Å². The summed E-state index contributed by atoms with van der Waals surface area (Å²) in [6.07, 6.45) is 2.38. The van der Waals surface area contributed by atoms with E-state index in [1.807, 2.05) is 19.9 Å². The Labute approximate surface area is 152 Å². The normalized spacial score (nSPS) is 10.7. The van der Waals surface area contributed by atoms with Crippen LogP contribution in [0.3, 0.4) is 0 Å². The van der Waals surface area contributed by atoms with Gasteiger partial charge in [-0.2, -0.15) is 5.10 Å². The molecule has 0 bridgehead atoms. The molecule has 2 rings (SSSR count). The van der Waals surface area contributed by atoms with Gasteiger partial charge in [0.1, 0.15) is 0 Å². The minimum absolute atomic E-state index is 0.282. The standard InChI is InChI=1S/C19H21ClN2O3/c1-3-10-25-18-16(20)11-14(12-17(18)24-4-2)13-21-22-19(23)15-8-6-5-7-9-15/h5-9,11-13H,3-4,10H2,1-2H3,(H,22,23)/b21-13-. The van der Waals surface area contributed by atoms with Crippen molar-refractivity contribution in [1.29, 1.82) is 0 Å². The maximum absolute atomic E-state index is 11.9. The van der Waals surface area contributed by atoms with Crippen molar-refractivity contribution < 1.29 is 14.3 Å². The highest BCUT2D eigenvalue weighted by atomic mass is 35.5. The van der Waals surface area contributed by atoms with Crippen LogP contribution in [0.25, 0.3) is 0 Å². The Morgan fingerprint density at radius 1 is 1.20 bits per heavy atom. The van der Waals surface area contributed by atoms with Crippen molar-refractivity contribution in [3.8, 4) is 11.5 Å². The van der Waals surface area contributed by atoms with E-state index in [2.05, 4.69) is 10.5 Å². The van der Waals surface area contributed by atoms with E-state index in [0.29, 0.717) is 40.9 Å². The highest BCUT2D eigenvalue weighted by Crippen LogP contribution is 2.36. The number of hydrogen-bond donors (Lipinski definition) is 1. The summed E-state index contributed by atoms with van der Waals surface area (Å²) < 4.78 is 11.2. The molecule has 0 aliphatic rings. The predicted octanol–water partition coefficient (Wildman–Crippen LogP) is 4.29. The van der Waals surface area contributed by atoms with Gasteiger partial charge in [-0.15, -0.1) is 0 Å². The number of carbonyl (C=O) groups is 1. The van der Waals surface area contributed by atoms with E-state index in [9.17, 15) is 4.79 Å². The molecule has 132 valence electrons. The zero-order valence-corrected chi connectivity index (χ0v) is 15.0. The lowest BCUT2D eigenvalue weighted by atomic mass is 10.2. The van der Waals surface area contributed by atoms with Crippen LogP contribution in [0.1, 0.15) is 36.2 Å². The molecule has 0 saturated heterocycles. The van der Waals surface area contributed by atoms with Gasteiger partial charge in [-0.25, -0.2) is 5.43 Å². The van der Waals surface area contributed by atoms with Crippen molar-refractivity contribution in [2.75, 3.05) is 13.2 Å². The first kappa shape index (κ1) is 18.8. The molecule has 5 nitrogen and oxygen atoms in total. The van der Waals surface area contributed by atoms with Gasteiger partial charge in [0, 0.05) is 5.56 Å². The van der Waals surface area contributed by atoms with Crippen LogP contribution in [0.5, 0.6) is 11.5 Å². The molecule has 2 aromatic rings. The molecule has 0 aliphatic carbocycles. The molecule has 2 aromatic carbocycles. The van der Waals surface area contributed by atoms with Crippen molar-refractivity contribution in [1.82, 2.24) is 5.43 Å². The number of halogens is 1. The number of hydrazone groups is 1. The van der Waals surface area contributed by atoms with E-state index in [-0.39, 0.29) is 5.91 Å². The first-order valence-corrected chi connectivity index (χ1v) is 8.51. The number of rotatable bonds is 8. The summed E-state index contributed by atoms with van der Waals surface area (Å²) in [6, 6.07) is 12.4. The first-order chi connectivity index (χ1) is 12.2. The van der Waals surface area contributed by atoms with E-state index >= 15 is 0 Å². The number of benzene rings is 2. The molecule has 0 radical (unpaired) electrons. The van der Waals surface area contributed by atoms with Gasteiger partial charge >= 0.3 is 0 Å². The molecule has 0 spiro atoms. The van der Waals surface area contributed by atoms with Crippen LogP contribution >= 0.6 is 11.6 Å². The SMILES string of the molecule is CCCOc1c(Cl)cc(/C=N\NC(=O)c2ccccc2)cc1OCC. The second-order valence-corrected chi connectivity index (χ2v) is 5.58. The van der Waals surface area contributed by atoms with Crippen LogP contribution in [0.4, 0.5) is 0 Å². The summed E-state index contributed by atoms with van der Waals surface area (Å²) in [6.45, 7) is 4.95. The Morgan fingerprint density at radius 3 is 2.64 bits per heavy atom. The van der Waals surface area contributed by atoms with Crippen molar-refractivity contribution in [2.45, 2.75) is 20.3 Å². The van der Waals surface area contributed by atoms with Crippen molar-refractivity contribution in [2.24, 2.45) is 5.10 Å². The second-order valence-electron chi connectivity index (χ2n) is 5.18. The molecule has 0 unspecified atom stereocenters. The van der Waals surface area contributed by atoms with Crippen LogP contribution in [0.2, 0.25) is 5.02 Å². The summed E-state index contributed by atoms with van der Waals surface area (Å²) in [7, 11) is 0. The molecule has 0 aromatic heterocycles. The van der Waals surface area contributed by atoms with Crippen LogP contribution in [0.15, 0.2) is 47.6 Å². The molecule has 25 heavy (non-hydrogen) atoms. The molecule has 6 heteroatoms. The summed E-state index contributed by atoms with van der Waals surface area (Å²) in [5.41, 5.74) is 3.72. The molecule has 0 atom stereocenters. The number of carbonyl (C=O) groups excluding carboxylic acids is 1. The highest BCUT2D eigenvalue weighted by molar-refractivity contribution is 6.32. The minimum Gasteiger partial charge on any atom is -0.490 e. The summed E-state index contributed by atoms with van der Waals surface area (Å²) >= 11 is 6.29. The fourth-order valence-electron chi connectivity index (χ4n) is 2.09. The van der Waals surface area contributed by atoms with Crippen LogP contribution in [-0.4, -0.2) is 25.3 Å². The third-order valence-corrected chi connectivity index (χ3v) is 3.48. The van der Waals surface area contributed by atoms with E-state index in [1.54, 1.807) is 36.4 Å². The average Bonchev–Trinajstić information content (AvgIpc) is 2.62. The second kappa shape index (κ2) is 9.69. The lowest BCUT2D eigenvalue weighted by molar-refractivity contribution is 0.0955. The first-order valence-electron chi connectivity index (χ1n) is 8.13. The molecule has 1 amide bonds. The van der Waals surface area contributed by atoms with Gasteiger partial charge in [0.25, 0.3) is 5.91 Å². The number of nitrogens with zero attached hydrogens (tertiary/aromatic N) is 1. The Morgan fingerprint density at radius 2 is 1.96 bits per heavy atom. The van der Waals surface area contributed by atoms with Crippen LogP contribution < -0.4 is 14.9 Å². The molecule has 0 fully saturated rings. The lowest BCUT2D eigenvalue weighted by Crippen LogP contribution is -2.17. The Hall–Kier alpha value is -2.53. The lowest BCUT2D eigenvalue weighted by Gasteiger charge is -2.13. The van der Waals surface area contributed by atoms with E-state index < -0.39 is 0 Å². The molecular weight excluding hydrogens is 340 g/mol. The van der Waals surface area contributed by atoms with Crippen molar-refractivity contribution >= 4 is 23.7 Å². The smallest absolute Gasteiger partial charge is 0.271 e. The topological polar surface area (TPSA) is 59.9 Å². The third kappa shape index (κ3) is 5.50. The Bertz CT molecular complexity index is 733. The predicted molar refractivity (Wildman–Crippen MR) is 99.9 cm³/mol. The monoisotopic (exact) mass is 360 g/mol. The van der Waals surface area contributed by atoms with Crippen molar-refractivity contribution in [3.05, 3.63) is 58.6 Å². The van der Waals surface area contributed by atoms with Crippen LogP contribution in [-0.2, 0) is 0 Å². The van der Waals surface area contributed by atoms with Crippen molar-refractivity contribution in [3.63, 3.8) is 0 Å². The van der Waals surface area contributed by atoms with E-state index in [0.717, 1.165) is 6.42 Å². The number of ether oxygens (including phenoxy) is 2. The van der Waals surface area contributed by atoms with Gasteiger partial charge in [-0.1, -0.05) is 36.7 Å². The Balaban J connectivity index is 2.12. The van der Waals surface area contributed by atoms with Gasteiger partial charge in [0.05, 0.1) is 24.5 Å². The van der Waals surface area contributed by atoms with Gasteiger partial charge in [0.15, 0.2) is 11.5 Å². The molecular formula is C19H21ClN2O3. The van der Waals surface area contributed by atoms with E-state index in [1.165, 1.54) is 6.21 Å². The third-order valence-electron chi connectivity index (χ3n) is 3.20. The van der Waals surface area contributed by atoms with Crippen LogP contribution in [0, 0.1) is 0 Å². The summed E-state index contributed by atoms with van der Waals surface area (Å²) in [5, 5.41) is 4.41. The number of nitrogens with one attached hydrogen (secondary N) is 1.